The standard InChI is InChI=1S/C22H23N5O2S/c1-15-9-10-19(29-2)18(13-15)26-20(28)16-7-3-4-8-17(16)27-21(26)23-25(22(27)30)14-24-11-5-6-12-24/h3-4,7-10,13H,5-6,11-12,14H2,1-2H3/p+1. The highest BCUT2D eigenvalue weighted by molar-refractivity contribution is 7.71. The molecule has 0 spiro atoms. The summed E-state index contributed by atoms with van der Waals surface area (Å²) in [6, 6.07) is 13.3. The van der Waals surface area contributed by atoms with Crippen molar-refractivity contribution in [3.8, 4) is 11.4 Å². The van der Waals surface area contributed by atoms with Gasteiger partial charge in [0.25, 0.3) is 5.56 Å². The summed E-state index contributed by atoms with van der Waals surface area (Å²) in [5, 5.41) is 5.43. The van der Waals surface area contributed by atoms with Gasteiger partial charge in [0, 0.05) is 12.8 Å². The molecule has 4 aromatic rings. The number of benzene rings is 2. The van der Waals surface area contributed by atoms with Gasteiger partial charge in [-0.25, -0.2) is 4.57 Å². The van der Waals surface area contributed by atoms with Crippen LogP contribution in [0.4, 0.5) is 0 Å². The summed E-state index contributed by atoms with van der Waals surface area (Å²) in [5.41, 5.74) is 2.33. The van der Waals surface area contributed by atoms with Gasteiger partial charge in [0.15, 0.2) is 6.67 Å². The number of hydrogen-bond acceptors (Lipinski definition) is 4. The van der Waals surface area contributed by atoms with Crippen molar-refractivity contribution >= 4 is 28.9 Å². The van der Waals surface area contributed by atoms with Crippen molar-refractivity contribution in [2.45, 2.75) is 26.4 Å². The van der Waals surface area contributed by atoms with Crippen molar-refractivity contribution in [2.75, 3.05) is 20.2 Å². The van der Waals surface area contributed by atoms with Crippen LogP contribution in [0.5, 0.6) is 5.75 Å². The van der Waals surface area contributed by atoms with E-state index in [-0.39, 0.29) is 5.56 Å². The van der Waals surface area contributed by atoms with Crippen LogP contribution in [0, 0.1) is 11.7 Å². The number of rotatable bonds is 4. The third-order valence-corrected chi connectivity index (χ3v) is 6.25. The molecule has 0 unspecified atom stereocenters. The number of likely N-dealkylation sites (tertiary alicyclic amines) is 1. The maximum absolute atomic E-state index is 13.6. The van der Waals surface area contributed by atoms with Crippen LogP contribution in [0.2, 0.25) is 0 Å². The van der Waals surface area contributed by atoms with E-state index in [1.54, 1.807) is 11.7 Å². The van der Waals surface area contributed by atoms with Crippen molar-refractivity contribution < 1.29 is 9.64 Å². The highest BCUT2D eigenvalue weighted by Crippen LogP contribution is 2.26. The van der Waals surface area contributed by atoms with Crippen LogP contribution in [0.1, 0.15) is 18.4 Å². The first-order valence-corrected chi connectivity index (χ1v) is 10.6. The van der Waals surface area contributed by atoms with Crippen molar-refractivity contribution in [3.63, 3.8) is 0 Å². The highest BCUT2D eigenvalue weighted by atomic mass is 32.1. The monoisotopic (exact) mass is 422 g/mol. The largest absolute Gasteiger partial charge is 0.495 e. The Morgan fingerprint density at radius 2 is 1.93 bits per heavy atom. The molecule has 0 bridgehead atoms. The topological polar surface area (TPSA) is 57.9 Å². The average molecular weight is 423 g/mol. The second-order valence-electron chi connectivity index (χ2n) is 7.87. The summed E-state index contributed by atoms with van der Waals surface area (Å²) in [6.45, 7) is 4.94. The Bertz CT molecular complexity index is 1380. The number of nitrogens with zero attached hydrogens (tertiary/aromatic N) is 4. The minimum Gasteiger partial charge on any atom is -0.495 e. The number of ether oxygens (including phenoxy) is 1. The smallest absolute Gasteiger partial charge is 0.267 e. The molecule has 30 heavy (non-hydrogen) atoms. The lowest BCUT2D eigenvalue weighted by atomic mass is 10.2. The number of hydrogen-bond donors (Lipinski definition) is 1. The molecule has 2 aromatic heterocycles. The van der Waals surface area contributed by atoms with Gasteiger partial charge in [-0.1, -0.05) is 18.2 Å². The van der Waals surface area contributed by atoms with Gasteiger partial charge in [0.1, 0.15) is 5.75 Å². The number of nitrogens with one attached hydrogen (secondary N) is 1. The molecule has 1 aliphatic heterocycles. The number of methoxy groups -OCH3 is 1. The molecule has 5 rings (SSSR count). The van der Waals surface area contributed by atoms with E-state index in [1.165, 1.54) is 17.7 Å². The minimum absolute atomic E-state index is 0.136. The van der Waals surface area contributed by atoms with Crippen LogP contribution in [0.3, 0.4) is 0 Å². The fraction of sp³-hybridized carbons (Fsp3) is 0.318. The molecule has 0 radical (unpaired) electrons. The molecule has 7 nitrogen and oxygen atoms in total. The molecule has 1 N–H and O–H groups in total. The first-order chi connectivity index (χ1) is 14.6. The summed E-state index contributed by atoms with van der Waals surface area (Å²) in [7, 11) is 1.61. The zero-order valence-electron chi connectivity index (χ0n) is 17.1. The molecule has 0 atom stereocenters. The van der Waals surface area contributed by atoms with Gasteiger partial charge in [0.2, 0.25) is 10.5 Å². The van der Waals surface area contributed by atoms with Crippen LogP contribution in [-0.2, 0) is 6.67 Å². The van der Waals surface area contributed by atoms with E-state index in [4.69, 9.17) is 22.1 Å². The van der Waals surface area contributed by atoms with E-state index < -0.39 is 0 Å². The van der Waals surface area contributed by atoms with Crippen LogP contribution in [-0.4, -0.2) is 38.9 Å². The van der Waals surface area contributed by atoms with Crippen molar-refractivity contribution in [3.05, 3.63) is 63.2 Å². The van der Waals surface area contributed by atoms with Crippen molar-refractivity contribution in [1.29, 1.82) is 0 Å². The molecule has 154 valence electrons. The zero-order valence-corrected chi connectivity index (χ0v) is 17.9. The summed E-state index contributed by atoms with van der Waals surface area (Å²) in [5.74, 6) is 1.12. The average Bonchev–Trinajstić information content (AvgIpc) is 3.37. The van der Waals surface area contributed by atoms with Gasteiger partial charge in [-0.2, -0.15) is 4.68 Å². The van der Waals surface area contributed by atoms with Crippen LogP contribution < -0.4 is 15.2 Å². The first kappa shape index (κ1) is 19.0. The SMILES string of the molecule is COc1ccc(C)cc1-n1c(=O)c2ccccc2n2c(=S)n(C[NH+]3CCCC3)nc12. The van der Waals surface area contributed by atoms with Gasteiger partial charge >= 0.3 is 0 Å². The van der Waals surface area contributed by atoms with Gasteiger partial charge in [-0.3, -0.25) is 9.20 Å². The van der Waals surface area contributed by atoms with Gasteiger partial charge in [0.05, 0.1) is 36.8 Å². The van der Waals surface area contributed by atoms with E-state index in [2.05, 4.69) is 0 Å². The van der Waals surface area contributed by atoms with E-state index in [1.807, 2.05) is 58.5 Å². The molecule has 2 aromatic carbocycles. The molecule has 1 aliphatic rings. The highest BCUT2D eigenvalue weighted by Gasteiger charge is 2.22. The Balaban J connectivity index is 1.88. The Morgan fingerprint density at radius 1 is 1.17 bits per heavy atom. The lowest BCUT2D eigenvalue weighted by molar-refractivity contribution is -0.911. The fourth-order valence-corrected chi connectivity index (χ4v) is 4.64. The van der Waals surface area contributed by atoms with Crippen LogP contribution in [0.15, 0.2) is 47.3 Å². The third-order valence-electron chi connectivity index (χ3n) is 5.86. The normalized spacial score (nSPS) is 14.7. The number of quaternary nitrogens is 1. The molecule has 3 heterocycles. The second-order valence-corrected chi connectivity index (χ2v) is 8.23. The quantitative estimate of drug-likeness (QED) is 0.512. The number of aromatic nitrogens is 4. The maximum Gasteiger partial charge on any atom is 0.267 e. The molecule has 0 saturated carbocycles. The Hall–Kier alpha value is -2.97. The maximum atomic E-state index is 13.6. The summed E-state index contributed by atoms with van der Waals surface area (Å²) < 4.78 is 11.6. The van der Waals surface area contributed by atoms with Gasteiger partial charge in [-0.05, 0) is 49.0 Å². The molecule has 1 saturated heterocycles. The number of aryl methyl sites for hydroxylation is 1. The van der Waals surface area contributed by atoms with Crippen LogP contribution >= 0.6 is 12.2 Å². The van der Waals surface area contributed by atoms with E-state index in [0.29, 0.717) is 34.0 Å². The van der Waals surface area contributed by atoms with Gasteiger partial charge < -0.3 is 9.64 Å². The van der Waals surface area contributed by atoms with Crippen molar-refractivity contribution in [1.82, 2.24) is 18.7 Å². The van der Waals surface area contributed by atoms with E-state index >= 15 is 0 Å². The number of fused-ring (bicyclic) bond motifs is 3. The second kappa shape index (κ2) is 7.37. The molecule has 1 fully saturated rings. The third kappa shape index (κ3) is 2.95. The van der Waals surface area contributed by atoms with Crippen LogP contribution in [0.25, 0.3) is 22.4 Å². The summed E-state index contributed by atoms with van der Waals surface area (Å²) >= 11 is 5.83. The molecular weight excluding hydrogens is 398 g/mol. The lowest BCUT2D eigenvalue weighted by Gasteiger charge is -2.14. The number of para-hydroxylation sites is 1. The summed E-state index contributed by atoms with van der Waals surface area (Å²) in [4.78, 5) is 15.1. The molecule has 0 aliphatic carbocycles. The molecular formula is C22H24N5O2S+. The predicted molar refractivity (Wildman–Crippen MR) is 118 cm³/mol. The zero-order chi connectivity index (χ0) is 20.8. The predicted octanol–water partition coefficient (Wildman–Crippen LogP) is 2.12. The molecule has 8 heteroatoms. The summed E-state index contributed by atoms with van der Waals surface area (Å²) in [6.07, 6.45) is 2.45. The van der Waals surface area contributed by atoms with E-state index in [9.17, 15) is 4.79 Å². The Kier molecular flexibility index (Phi) is 4.67. The Morgan fingerprint density at radius 3 is 2.70 bits per heavy atom. The Labute approximate surface area is 178 Å². The molecule has 0 amide bonds. The minimum atomic E-state index is -0.136. The van der Waals surface area contributed by atoms with E-state index in [0.717, 1.165) is 24.2 Å². The first-order valence-electron chi connectivity index (χ1n) is 10.2. The lowest BCUT2D eigenvalue weighted by Crippen LogP contribution is -3.09. The van der Waals surface area contributed by atoms with Gasteiger partial charge in [-0.15, -0.1) is 5.10 Å². The fourth-order valence-electron chi connectivity index (χ4n) is 4.35. The van der Waals surface area contributed by atoms with Crippen molar-refractivity contribution in [2.24, 2.45) is 0 Å².